The lowest BCUT2D eigenvalue weighted by atomic mass is 10.1. The Kier molecular flexibility index (Phi) is 5.04. The number of rotatable bonds is 6. The zero-order valence-corrected chi connectivity index (χ0v) is 11.9. The number of hydrogen-bond acceptors (Lipinski definition) is 4. The summed E-state index contributed by atoms with van der Waals surface area (Å²) >= 11 is 1.55. The summed E-state index contributed by atoms with van der Waals surface area (Å²) in [6, 6.07) is 9.78. The minimum atomic E-state index is -3.06. The first-order chi connectivity index (χ1) is 7.79. The van der Waals surface area contributed by atoms with Gasteiger partial charge < -0.3 is 5.73 Å². The van der Waals surface area contributed by atoms with E-state index in [1.54, 1.807) is 25.6 Å². The van der Waals surface area contributed by atoms with Gasteiger partial charge in [-0.15, -0.1) is 11.8 Å². The van der Waals surface area contributed by atoms with Gasteiger partial charge in [-0.1, -0.05) is 18.2 Å². The molecular formula is C12H19NO2S2. The molecule has 0 atom stereocenters. The summed E-state index contributed by atoms with van der Waals surface area (Å²) < 4.78 is 23.5. The summed E-state index contributed by atoms with van der Waals surface area (Å²) in [7, 11) is -3.06. The Morgan fingerprint density at radius 1 is 1.24 bits per heavy atom. The largest absolute Gasteiger partial charge is 0.325 e. The van der Waals surface area contributed by atoms with Crippen LogP contribution in [0.4, 0.5) is 0 Å². The molecule has 0 heterocycles. The molecule has 1 aromatic carbocycles. The van der Waals surface area contributed by atoms with Crippen molar-refractivity contribution in [2.45, 2.75) is 24.3 Å². The first kappa shape index (κ1) is 14.5. The maximum absolute atomic E-state index is 11.7. The van der Waals surface area contributed by atoms with Gasteiger partial charge in [-0.2, -0.15) is 0 Å². The van der Waals surface area contributed by atoms with Crippen molar-refractivity contribution in [3.05, 3.63) is 30.3 Å². The Hall–Kier alpha value is -0.520. The van der Waals surface area contributed by atoms with Crippen LogP contribution in [0.2, 0.25) is 0 Å². The van der Waals surface area contributed by atoms with Gasteiger partial charge in [0, 0.05) is 16.2 Å². The molecule has 0 bridgehead atoms. The van der Waals surface area contributed by atoms with Crippen LogP contribution in [0.3, 0.4) is 0 Å². The highest BCUT2D eigenvalue weighted by atomic mass is 32.2. The van der Waals surface area contributed by atoms with Crippen molar-refractivity contribution in [3.63, 3.8) is 0 Å². The van der Waals surface area contributed by atoms with Crippen LogP contribution in [-0.2, 0) is 9.84 Å². The highest BCUT2D eigenvalue weighted by Crippen LogP contribution is 2.17. The molecule has 5 heteroatoms. The number of nitrogens with two attached hydrogens (primary N) is 1. The second kappa shape index (κ2) is 5.89. The van der Waals surface area contributed by atoms with E-state index >= 15 is 0 Å². The number of hydrogen-bond donors (Lipinski definition) is 1. The molecule has 0 saturated heterocycles. The van der Waals surface area contributed by atoms with Crippen molar-refractivity contribution in [2.24, 2.45) is 5.73 Å². The van der Waals surface area contributed by atoms with Gasteiger partial charge in [-0.3, -0.25) is 0 Å². The molecule has 0 aliphatic carbocycles. The van der Waals surface area contributed by atoms with Crippen LogP contribution in [-0.4, -0.2) is 31.2 Å². The lowest BCUT2D eigenvalue weighted by Crippen LogP contribution is -2.40. The molecule has 0 aliphatic heterocycles. The number of benzene rings is 1. The molecule has 0 unspecified atom stereocenters. The minimum Gasteiger partial charge on any atom is -0.325 e. The molecule has 0 saturated carbocycles. The van der Waals surface area contributed by atoms with Crippen molar-refractivity contribution in [1.82, 2.24) is 0 Å². The Morgan fingerprint density at radius 3 is 2.35 bits per heavy atom. The highest BCUT2D eigenvalue weighted by molar-refractivity contribution is 8.00. The average Bonchev–Trinajstić information content (AvgIpc) is 2.15. The van der Waals surface area contributed by atoms with E-state index in [2.05, 4.69) is 0 Å². The van der Waals surface area contributed by atoms with Crippen LogP contribution in [0.5, 0.6) is 0 Å². The van der Waals surface area contributed by atoms with Crippen molar-refractivity contribution in [3.8, 4) is 0 Å². The first-order valence-corrected chi connectivity index (χ1v) is 8.26. The third-order valence-electron chi connectivity index (χ3n) is 2.00. The van der Waals surface area contributed by atoms with Gasteiger partial charge >= 0.3 is 0 Å². The van der Waals surface area contributed by atoms with Gasteiger partial charge in [0.1, 0.15) is 0 Å². The van der Waals surface area contributed by atoms with Crippen LogP contribution in [0.15, 0.2) is 35.2 Å². The molecule has 1 aromatic rings. The Balaban J connectivity index is 2.41. The van der Waals surface area contributed by atoms with E-state index in [0.29, 0.717) is 5.75 Å². The second-order valence-electron chi connectivity index (χ2n) is 4.74. The SMILES string of the molecule is CC(C)(N)CS(=O)(=O)CCSc1ccccc1. The van der Waals surface area contributed by atoms with Crippen molar-refractivity contribution >= 4 is 21.6 Å². The van der Waals surface area contributed by atoms with E-state index in [1.165, 1.54) is 0 Å². The molecule has 2 N–H and O–H groups in total. The quantitative estimate of drug-likeness (QED) is 0.805. The maximum atomic E-state index is 11.7. The lowest BCUT2D eigenvalue weighted by molar-refractivity contribution is 0.545. The molecule has 96 valence electrons. The lowest BCUT2D eigenvalue weighted by Gasteiger charge is -2.17. The summed E-state index contributed by atoms with van der Waals surface area (Å²) in [5, 5.41) is 0. The molecule has 0 aromatic heterocycles. The van der Waals surface area contributed by atoms with Crippen molar-refractivity contribution in [2.75, 3.05) is 17.3 Å². The van der Waals surface area contributed by atoms with Gasteiger partial charge in [-0.05, 0) is 26.0 Å². The van der Waals surface area contributed by atoms with Crippen LogP contribution in [0.25, 0.3) is 0 Å². The van der Waals surface area contributed by atoms with Gasteiger partial charge in [-0.25, -0.2) is 8.42 Å². The molecule has 1 rings (SSSR count). The summed E-state index contributed by atoms with van der Waals surface area (Å²) in [6.07, 6.45) is 0. The van der Waals surface area contributed by atoms with E-state index in [0.717, 1.165) is 4.90 Å². The summed E-state index contributed by atoms with van der Waals surface area (Å²) in [5.41, 5.74) is 5.06. The first-order valence-electron chi connectivity index (χ1n) is 5.46. The fraction of sp³-hybridized carbons (Fsp3) is 0.500. The average molecular weight is 273 g/mol. The standard InChI is InChI=1S/C12H19NO2S2/c1-12(2,13)10-17(14,15)9-8-16-11-6-4-3-5-7-11/h3-7H,8-10,13H2,1-2H3. The Bertz CT molecular complexity index is 435. The van der Waals surface area contributed by atoms with Crippen LogP contribution in [0.1, 0.15) is 13.8 Å². The van der Waals surface area contributed by atoms with Crippen LogP contribution >= 0.6 is 11.8 Å². The van der Waals surface area contributed by atoms with Gasteiger partial charge in [0.25, 0.3) is 0 Å². The maximum Gasteiger partial charge on any atom is 0.152 e. The Labute approximate surface area is 108 Å². The molecule has 0 fully saturated rings. The van der Waals surface area contributed by atoms with E-state index in [4.69, 9.17) is 5.73 Å². The Morgan fingerprint density at radius 2 is 1.82 bits per heavy atom. The molecule has 0 aliphatic rings. The molecule has 17 heavy (non-hydrogen) atoms. The monoisotopic (exact) mass is 273 g/mol. The normalized spacial score (nSPS) is 12.6. The smallest absolute Gasteiger partial charge is 0.152 e. The fourth-order valence-corrected chi connectivity index (χ4v) is 4.65. The highest BCUT2D eigenvalue weighted by Gasteiger charge is 2.21. The van der Waals surface area contributed by atoms with E-state index in [-0.39, 0.29) is 11.5 Å². The predicted octanol–water partition coefficient (Wildman–Crippen LogP) is 1.93. The number of sulfone groups is 1. The van der Waals surface area contributed by atoms with Crippen molar-refractivity contribution in [1.29, 1.82) is 0 Å². The molecule has 3 nitrogen and oxygen atoms in total. The van der Waals surface area contributed by atoms with Gasteiger partial charge in [0.15, 0.2) is 9.84 Å². The summed E-state index contributed by atoms with van der Waals surface area (Å²) in [5.74, 6) is 0.783. The van der Waals surface area contributed by atoms with E-state index in [1.807, 2.05) is 30.3 Å². The van der Waals surface area contributed by atoms with E-state index in [9.17, 15) is 8.42 Å². The predicted molar refractivity (Wildman–Crippen MR) is 74.1 cm³/mol. The molecular weight excluding hydrogens is 254 g/mol. The van der Waals surface area contributed by atoms with Gasteiger partial charge in [0.05, 0.1) is 11.5 Å². The second-order valence-corrected chi connectivity index (χ2v) is 8.09. The molecule has 0 amide bonds. The summed E-state index contributed by atoms with van der Waals surface area (Å²) in [6.45, 7) is 3.46. The van der Waals surface area contributed by atoms with Gasteiger partial charge in [0.2, 0.25) is 0 Å². The fourth-order valence-electron chi connectivity index (χ4n) is 1.44. The zero-order valence-electron chi connectivity index (χ0n) is 10.2. The third kappa shape index (κ3) is 6.71. The minimum absolute atomic E-state index is 0.0371. The third-order valence-corrected chi connectivity index (χ3v) is 5.28. The van der Waals surface area contributed by atoms with Crippen molar-refractivity contribution < 1.29 is 8.42 Å². The van der Waals surface area contributed by atoms with Crippen LogP contribution in [0, 0.1) is 0 Å². The zero-order chi connectivity index (χ0) is 12.9. The number of thioether (sulfide) groups is 1. The molecule has 0 spiro atoms. The van der Waals surface area contributed by atoms with Crippen LogP contribution < -0.4 is 5.73 Å². The summed E-state index contributed by atoms with van der Waals surface area (Å²) in [4.78, 5) is 1.09. The molecule has 0 radical (unpaired) electrons. The van der Waals surface area contributed by atoms with E-state index < -0.39 is 15.4 Å². The topological polar surface area (TPSA) is 60.2 Å².